The van der Waals surface area contributed by atoms with E-state index in [1.54, 1.807) is 36.4 Å². The first kappa shape index (κ1) is 32.4. The number of rotatable bonds is 7. The molecule has 0 bridgehead atoms. The predicted molar refractivity (Wildman–Crippen MR) is 169 cm³/mol. The highest BCUT2D eigenvalue weighted by Gasteiger charge is 2.23. The second-order valence-electron chi connectivity index (χ2n) is 9.85. The van der Waals surface area contributed by atoms with Crippen LogP contribution in [0, 0.1) is 0 Å². The van der Waals surface area contributed by atoms with Crippen molar-refractivity contribution >= 4 is 65.4 Å². The average molecular weight is 622 g/mol. The van der Waals surface area contributed by atoms with Crippen LogP contribution in [0.15, 0.2) is 60.8 Å². The minimum absolute atomic E-state index is 0. The van der Waals surface area contributed by atoms with Gasteiger partial charge in [-0.05, 0) is 69.4 Å². The number of aromatic nitrogens is 1. The number of hydrogen-bond donors (Lipinski definition) is 3. The number of hydrogen-bond acceptors (Lipinski definition) is 7. The molecule has 0 atom stereocenters. The van der Waals surface area contributed by atoms with Gasteiger partial charge < -0.3 is 30.5 Å². The molecule has 220 valence electrons. The molecule has 5 rings (SSSR count). The molecule has 1 aromatic heterocycles. The van der Waals surface area contributed by atoms with Crippen molar-refractivity contribution < 1.29 is 14.3 Å². The monoisotopic (exact) mass is 620 g/mol. The second-order valence-corrected chi connectivity index (χ2v) is 10.3. The normalized spacial score (nSPS) is 15.7. The third-order valence-electron chi connectivity index (χ3n) is 7.05. The van der Waals surface area contributed by atoms with Crippen LogP contribution in [-0.4, -0.2) is 74.1 Å². The minimum atomic E-state index is -0.391. The third kappa shape index (κ3) is 8.47. The van der Waals surface area contributed by atoms with Gasteiger partial charge in [0.25, 0.3) is 11.8 Å². The van der Waals surface area contributed by atoms with Crippen LogP contribution in [-0.2, 0) is 0 Å². The number of piperazine rings is 1. The number of piperidine rings is 1. The van der Waals surface area contributed by atoms with Crippen LogP contribution in [0.25, 0.3) is 0 Å². The van der Waals surface area contributed by atoms with E-state index in [0.717, 1.165) is 57.8 Å². The highest BCUT2D eigenvalue weighted by molar-refractivity contribution is 6.30. The number of carbonyl (C=O) groups excluding carboxylic acids is 2. The number of benzene rings is 2. The zero-order valence-corrected chi connectivity index (χ0v) is 25.2. The van der Waals surface area contributed by atoms with Gasteiger partial charge in [0, 0.05) is 44.1 Å². The van der Waals surface area contributed by atoms with E-state index in [1.807, 2.05) is 18.2 Å². The summed E-state index contributed by atoms with van der Waals surface area (Å²) in [5, 5.41) is 9.51. The lowest BCUT2D eigenvalue weighted by molar-refractivity contribution is 0.101. The van der Waals surface area contributed by atoms with Gasteiger partial charge >= 0.3 is 0 Å². The Morgan fingerprint density at radius 1 is 0.927 bits per heavy atom. The van der Waals surface area contributed by atoms with Gasteiger partial charge in [-0.25, -0.2) is 4.98 Å². The van der Waals surface area contributed by atoms with Gasteiger partial charge in [-0.15, -0.1) is 24.8 Å². The van der Waals surface area contributed by atoms with Crippen molar-refractivity contribution in [2.75, 3.05) is 61.8 Å². The molecule has 3 aromatic rings. The fourth-order valence-corrected chi connectivity index (χ4v) is 4.88. The highest BCUT2D eigenvalue weighted by Crippen LogP contribution is 2.30. The van der Waals surface area contributed by atoms with Gasteiger partial charge in [0.15, 0.2) is 0 Å². The van der Waals surface area contributed by atoms with Crippen LogP contribution in [0.5, 0.6) is 5.75 Å². The Hall–Kier alpha value is -3.08. The van der Waals surface area contributed by atoms with Crippen molar-refractivity contribution in [1.82, 2.24) is 15.2 Å². The maximum atomic E-state index is 13.6. The summed E-state index contributed by atoms with van der Waals surface area (Å²) in [6.45, 7) is 5.57. The number of ether oxygens (including phenoxy) is 1. The van der Waals surface area contributed by atoms with Crippen LogP contribution in [0.4, 0.5) is 17.2 Å². The summed E-state index contributed by atoms with van der Waals surface area (Å²) in [6.07, 6.45) is 3.24. The maximum absolute atomic E-state index is 13.6. The van der Waals surface area contributed by atoms with Crippen LogP contribution in [0.2, 0.25) is 5.02 Å². The molecule has 2 fully saturated rings. The van der Waals surface area contributed by atoms with Gasteiger partial charge in [-0.3, -0.25) is 9.59 Å². The molecular weight excluding hydrogens is 587 g/mol. The SMILES string of the molecule is CN1CCN(c2ccc(C(=O)Nc3ccccc3C(=O)Nc3ccc(Cl)cn3)c(OC3CCNCC3)c2)CC1.Cl.Cl. The van der Waals surface area contributed by atoms with E-state index >= 15 is 0 Å². The molecule has 41 heavy (non-hydrogen) atoms. The fourth-order valence-electron chi connectivity index (χ4n) is 4.76. The Morgan fingerprint density at radius 3 is 2.34 bits per heavy atom. The van der Waals surface area contributed by atoms with Crippen molar-refractivity contribution in [2.24, 2.45) is 0 Å². The standard InChI is InChI=1S/C29H33ClN6O3.2ClH/c1-35-14-16-36(17-15-35)21-7-8-24(26(18-21)39-22-10-12-31-13-11-22)29(38)33-25-5-3-2-4-23(25)28(37)34-27-9-6-20(30)19-32-27;;/h2-9,18-19,22,31H,10-17H2,1H3,(H,33,38)(H,32,34,37);2*1H. The molecule has 2 aliphatic heterocycles. The van der Waals surface area contributed by atoms with Gasteiger partial charge in [-0.2, -0.15) is 0 Å². The summed E-state index contributed by atoms with van der Waals surface area (Å²) < 4.78 is 6.43. The topological polar surface area (TPSA) is 98.8 Å². The first-order valence-corrected chi connectivity index (χ1v) is 13.6. The first-order chi connectivity index (χ1) is 19.0. The Kier molecular flexibility index (Phi) is 12.1. The summed E-state index contributed by atoms with van der Waals surface area (Å²) in [5.41, 5.74) is 2.18. The van der Waals surface area contributed by atoms with E-state index in [9.17, 15) is 9.59 Å². The molecule has 2 aliphatic rings. The molecule has 3 heterocycles. The van der Waals surface area contributed by atoms with Crippen LogP contribution < -0.4 is 25.6 Å². The Morgan fingerprint density at radius 2 is 1.63 bits per heavy atom. The van der Waals surface area contributed by atoms with Crippen molar-refractivity contribution in [3.05, 3.63) is 76.9 Å². The largest absolute Gasteiger partial charge is 0.489 e. The van der Waals surface area contributed by atoms with Crippen molar-refractivity contribution in [3.8, 4) is 5.75 Å². The van der Waals surface area contributed by atoms with Crippen LogP contribution in [0.3, 0.4) is 0 Å². The number of para-hydroxylation sites is 1. The number of amides is 2. The van der Waals surface area contributed by atoms with Gasteiger partial charge in [0.05, 0.1) is 21.8 Å². The van der Waals surface area contributed by atoms with E-state index in [1.165, 1.54) is 6.20 Å². The number of nitrogens with one attached hydrogen (secondary N) is 3. The summed E-state index contributed by atoms with van der Waals surface area (Å²) >= 11 is 5.90. The quantitative estimate of drug-likeness (QED) is 0.343. The number of carbonyl (C=O) groups is 2. The molecule has 2 saturated heterocycles. The maximum Gasteiger partial charge on any atom is 0.259 e. The summed E-state index contributed by atoms with van der Waals surface area (Å²) in [5.74, 6) is 0.192. The minimum Gasteiger partial charge on any atom is -0.489 e. The molecule has 0 saturated carbocycles. The fraction of sp³-hybridized carbons (Fsp3) is 0.345. The first-order valence-electron chi connectivity index (χ1n) is 13.2. The number of anilines is 3. The summed E-state index contributed by atoms with van der Waals surface area (Å²) in [6, 6.07) is 15.9. The van der Waals surface area contributed by atoms with E-state index in [0.29, 0.717) is 33.4 Å². The third-order valence-corrected chi connectivity index (χ3v) is 7.27. The van der Waals surface area contributed by atoms with Gasteiger partial charge in [-0.1, -0.05) is 23.7 Å². The Balaban J connectivity index is 0.00000231. The zero-order chi connectivity index (χ0) is 27.2. The average Bonchev–Trinajstić information content (AvgIpc) is 2.95. The number of likely N-dealkylation sites (N-methyl/N-ethyl adjacent to an activating group) is 1. The number of nitrogens with zero attached hydrogens (tertiary/aromatic N) is 3. The van der Waals surface area contributed by atoms with E-state index in [4.69, 9.17) is 16.3 Å². The van der Waals surface area contributed by atoms with Crippen molar-refractivity contribution in [2.45, 2.75) is 18.9 Å². The highest BCUT2D eigenvalue weighted by atomic mass is 35.5. The molecule has 9 nitrogen and oxygen atoms in total. The lowest BCUT2D eigenvalue weighted by Crippen LogP contribution is -2.44. The molecule has 2 amide bonds. The van der Waals surface area contributed by atoms with Gasteiger partial charge in [0.2, 0.25) is 0 Å². The smallest absolute Gasteiger partial charge is 0.259 e. The summed E-state index contributed by atoms with van der Waals surface area (Å²) in [4.78, 5) is 35.4. The zero-order valence-electron chi connectivity index (χ0n) is 22.8. The Labute approximate surface area is 257 Å². The lowest BCUT2D eigenvalue weighted by Gasteiger charge is -2.34. The molecule has 0 radical (unpaired) electrons. The molecular formula is C29H35Cl3N6O3. The number of pyridine rings is 1. The van der Waals surface area contributed by atoms with Crippen molar-refractivity contribution in [3.63, 3.8) is 0 Å². The van der Waals surface area contributed by atoms with Crippen LogP contribution in [0.1, 0.15) is 33.6 Å². The van der Waals surface area contributed by atoms with E-state index in [2.05, 4.69) is 37.8 Å². The Bertz CT molecular complexity index is 1310. The molecule has 3 N–H and O–H groups in total. The van der Waals surface area contributed by atoms with Gasteiger partial charge in [0.1, 0.15) is 17.7 Å². The second kappa shape index (κ2) is 15.2. The van der Waals surface area contributed by atoms with Crippen LogP contribution >= 0.6 is 36.4 Å². The van der Waals surface area contributed by atoms with E-state index < -0.39 is 5.91 Å². The predicted octanol–water partition coefficient (Wildman–Crippen LogP) is 4.97. The van der Waals surface area contributed by atoms with Crippen molar-refractivity contribution in [1.29, 1.82) is 0 Å². The molecule has 0 aliphatic carbocycles. The molecule has 2 aromatic carbocycles. The number of halogens is 3. The molecule has 0 spiro atoms. The molecule has 0 unspecified atom stereocenters. The van der Waals surface area contributed by atoms with E-state index in [-0.39, 0.29) is 36.8 Å². The molecule has 12 heteroatoms. The summed E-state index contributed by atoms with van der Waals surface area (Å²) in [7, 11) is 2.13. The lowest BCUT2D eigenvalue weighted by atomic mass is 10.1.